The average molecular weight is 434 g/mol. The lowest BCUT2D eigenvalue weighted by atomic mass is 9.96. The molecule has 0 amide bonds. The van der Waals surface area contributed by atoms with Gasteiger partial charge >= 0.3 is 6.18 Å². The molecule has 1 aromatic carbocycles. The van der Waals surface area contributed by atoms with Crippen LogP contribution in [0.3, 0.4) is 0 Å². The maximum atomic E-state index is 12.9. The summed E-state index contributed by atoms with van der Waals surface area (Å²) in [4.78, 5) is 2.01. The van der Waals surface area contributed by atoms with Gasteiger partial charge in [-0.1, -0.05) is 0 Å². The summed E-state index contributed by atoms with van der Waals surface area (Å²) < 4.78 is 38.6. The molecule has 4 N–H and O–H groups in total. The van der Waals surface area contributed by atoms with Crippen molar-refractivity contribution < 1.29 is 13.2 Å². The first kappa shape index (κ1) is 22.9. The van der Waals surface area contributed by atoms with Crippen LogP contribution in [0.15, 0.2) is 60.0 Å². The van der Waals surface area contributed by atoms with Gasteiger partial charge in [0.15, 0.2) is 0 Å². The predicted molar refractivity (Wildman–Crippen MR) is 121 cm³/mol. The van der Waals surface area contributed by atoms with E-state index in [1.165, 1.54) is 0 Å². The lowest BCUT2D eigenvalue weighted by Crippen LogP contribution is -2.38. The van der Waals surface area contributed by atoms with Crippen molar-refractivity contribution in [3.05, 3.63) is 60.0 Å². The van der Waals surface area contributed by atoms with Gasteiger partial charge in [0, 0.05) is 48.5 Å². The monoisotopic (exact) mass is 433 g/mol. The van der Waals surface area contributed by atoms with Gasteiger partial charge in [0.05, 0.1) is 11.6 Å². The summed E-state index contributed by atoms with van der Waals surface area (Å²) in [6.45, 7) is 2.61. The SMILES string of the molecule is CNCCCN/C=C1/C=C(Nc2ccc(N3CCC(C(F)(F)F)CC3)cc2)C=CC1=N. The summed E-state index contributed by atoms with van der Waals surface area (Å²) in [7, 11) is 1.92. The van der Waals surface area contributed by atoms with Gasteiger partial charge in [-0.2, -0.15) is 13.2 Å². The summed E-state index contributed by atoms with van der Waals surface area (Å²) in [6.07, 6.45) is 4.58. The second-order valence-corrected chi connectivity index (χ2v) is 7.83. The molecule has 31 heavy (non-hydrogen) atoms. The Labute approximate surface area is 181 Å². The number of hydrogen-bond acceptors (Lipinski definition) is 5. The first-order valence-electron chi connectivity index (χ1n) is 10.6. The Bertz CT molecular complexity index is 832. The first-order valence-corrected chi connectivity index (χ1v) is 10.6. The summed E-state index contributed by atoms with van der Waals surface area (Å²) in [5.41, 5.74) is 3.95. The Morgan fingerprint density at radius 1 is 1.10 bits per heavy atom. The number of piperidine rings is 1. The molecule has 1 fully saturated rings. The number of alkyl halides is 3. The largest absolute Gasteiger partial charge is 0.391 e. The Hall–Kier alpha value is -2.74. The van der Waals surface area contributed by atoms with Crippen LogP contribution in [0, 0.1) is 11.3 Å². The average Bonchev–Trinajstić information content (AvgIpc) is 2.76. The molecule has 0 atom stereocenters. The van der Waals surface area contributed by atoms with Crippen LogP contribution >= 0.6 is 0 Å². The Morgan fingerprint density at radius 3 is 2.45 bits per heavy atom. The van der Waals surface area contributed by atoms with Gasteiger partial charge in [-0.05, 0) is 75.3 Å². The minimum atomic E-state index is -4.09. The maximum absolute atomic E-state index is 12.9. The van der Waals surface area contributed by atoms with Crippen molar-refractivity contribution in [1.82, 2.24) is 10.6 Å². The lowest BCUT2D eigenvalue weighted by molar-refractivity contribution is -0.179. The van der Waals surface area contributed by atoms with E-state index in [1.807, 2.05) is 54.6 Å². The van der Waals surface area contributed by atoms with Gasteiger partial charge in [0.25, 0.3) is 0 Å². The van der Waals surface area contributed by atoms with Gasteiger partial charge in [-0.3, -0.25) is 0 Å². The molecule has 0 spiro atoms. The highest BCUT2D eigenvalue weighted by Gasteiger charge is 2.41. The van der Waals surface area contributed by atoms with Crippen LogP contribution in [0.4, 0.5) is 24.5 Å². The first-order chi connectivity index (χ1) is 14.9. The second-order valence-electron chi connectivity index (χ2n) is 7.83. The molecule has 0 bridgehead atoms. The fraction of sp³-hybridized carbons (Fsp3) is 0.435. The minimum Gasteiger partial charge on any atom is -0.390 e. The topological polar surface area (TPSA) is 63.2 Å². The molecule has 0 saturated carbocycles. The van der Waals surface area contributed by atoms with Gasteiger partial charge in [0.1, 0.15) is 0 Å². The molecule has 3 rings (SSSR count). The number of nitrogens with one attached hydrogen (secondary N) is 4. The van der Waals surface area contributed by atoms with Gasteiger partial charge in [-0.15, -0.1) is 0 Å². The predicted octanol–water partition coefficient (Wildman–Crippen LogP) is 4.43. The molecule has 8 heteroatoms. The van der Waals surface area contributed by atoms with Crippen molar-refractivity contribution in [2.45, 2.75) is 25.4 Å². The zero-order valence-corrected chi connectivity index (χ0v) is 17.7. The molecule has 0 unspecified atom stereocenters. The number of nitrogens with zero attached hydrogens (tertiary/aromatic N) is 1. The van der Waals surface area contributed by atoms with E-state index < -0.39 is 12.1 Å². The molecule has 1 aliphatic heterocycles. The molecule has 168 valence electrons. The number of anilines is 2. The number of benzene rings is 1. The van der Waals surface area contributed by atoms with E-state index in [-0.39, 0.29) is 12.8 Å². The quantitative estimate of drug-likeness (QED) is 0.458. The van der Waals surface area contributed by atoms with E-state index >= 15 is 0 Å². The highest BCUT2D eigenvalue weighted by Crippen LogP contribution is 2.35. The molecular weight excluding hydrogens is 403 g/mol. The van der Waals surface area contributed by atoms with E-state index in [4.69, 9.17) is 5.41 Å². The third kappa shape index (κ3) is 6.62. The molecular formula is C23H30F3N5. The van der Waals surface area contributed by atoms with Crippen molar-refractivity contribution in [2.75, 3.05) is 43.4 Å². The summed E-state index contributed by atoms with van der Waals surface area (Å²) >= 11 is 0. The zero-order chi connectivity index (χ0) is 22.3. The maximum Gasteiger partial charge on any atom is 0.391 e. The standard InChI is InChI=1S/C23H30F3N5/c1-28-11-2-12-29-16-17-15-20(5-8-22(17)27)30-19-3-6-21(7-4-19)31-13-9-18(10-14-31)23(24,25)26/h3-8,15-16,18,27-30H,2,9-14H2,1H3/b17-16-,27-22?. The Balaban J connectivity index is 1.55. The fourth-order valence-electron chi connectivity index (χ4n) is 3.70. The van der Waals surface area contributed by atoms with Crippen molar-refractivity contribution in [3.63, 3.8) is 0 Å². The minimum absolute atomic E-state index is 0.144. The van der Waals surface area contributed by atoms with Crippen molar-refractivity contribution >= 4 is 17.1 Å². The van der Waals surface area contributed by atoms with Crippen LogP contribution in [0.5, 0.6) is 0 Å². The number of rotatable bonds is 8. The van der Waals surface area contributed by atoms with Crippen LogP contribution in [-0.4, -0.2) is 45.1 Å². The lowest BCUT2D eigenvalue weighted by Gasteiger charge is -2.34. The van der Waals surface area contributed by atoms with Gasteiger partial charge in [0.2, 0.25) is 0 Å². The van der Waals surface area contributed by atoms with E-state index in [2.05, 4.69) is 16.0 Å². The number of allylic oxidation sites excluding steroid dienone is 4. The zero-order valence-electron chi connectivity index (χ0n) is 17.7. The highest BCUT2D eigenvalue weighted by atomic mass is 19.4. The molecule has 1 aliphatic carbocycles. The second kappa shape index (κ2) is 10.5. The summed E-state index contributed by atoms with van der Waals surface area (Å²) in [5, 5.41) is 17.7. The van der Waals surface area contributed by atoms with Gasteiger partial charge in [-0.25, -0.2) is 0 Å². The van der Waals surface area contributed by atoms with Crippen LogP contribution < -0.4 is 20.9 Å². The summed E-state index contributed by atoms with van der Waals surface area (Å²) in [5.74, 6) is -1.19. The molecule has 5 nitrogen and oxygen atoms in total. The number of halogens is 3. The Morgan fingerprint density at radius 2 is 1.81 bits per heavy atom. The van der Waals surface area contributed by atoms with E-state index in [9.17, 15) is 13.2 Å². The van der Waals surface area contributed by atoms with Crippen LogP contribution in [0.1, 0.15) is 19.3 Å². The normalized spacial score (nSPS) is 19.0. The third-order valence-electron chi connectivity index (χ3n) is 5.54. The van der Waals surface area contributed by atoms with Crippen LogP contribution in [0.2, 0.25) is 0 Å². The molecule has 0 aromatic heterocycles. The highest BCUT2D eigenvalue weighted by molar-refractivity contribution is 6.09. The van der Waals surface area contributed by atoms with E-state index in [0.29, 0.717) is 18.8 Å². The van der Waals surface area contributed by atoms with Crippen molar-refractivity contribution in [1.29, 1.82) is 5.41 Å². The smallest absolute Gasteiger partial charge is 0.390 e. The van der Waals surface area contributed by atoms with E-state index in [0.717, 1.165) is 42.2 Å². The molecule has 1 heterocycles. The van der Waals surface area contributed by atoms with Crippen molar-refractivity contribution in [3.8, 4) is 0 Å². The fourth-order valence-corrected chi connectivity index (χ4v) is 3.70. The summed E-state index contributed by atoms with van der Waals surface area (Å²) in [6, 6.07) is 7.73. The van der Waals surface area contributed by atoms with E-state index in [1.54, 1.807) is 6.08 Å². The number of hydrogen-bond donors (Lipinski definition) is 4. The van der Waals surface area contributed by atoms with Gasteiger partial charge < -0.3 is 26.3 Å². The molecule has 2 aliphatic rings. The molecule has 0 radical (unpaired) electrons. The third-order valence-corrected chi connectivity index (χ3v) is 5.54. The van der Waals surface area contributed by atoms with Crippen LogP contribution in [0.25, 0.3) is 0 Å². The molecule has 1 aromatic rings. The van der Waals surface area contributed by atoms with Crippen molar-refractivity contribution in [2.24, 2.45) is 5.92 Å². The van der Waals surface area contributed by atoms with Crippen LogP contribution in [-0.2, 0) is 0 Å². The molecule has 1 saturated heterocycles. The Kier molecular flexibility index (Phi) is 7.79.